The third kappa shape index (κ3) is 3.77. The molecule has 1 unspecified atom stereocenters. The van der Waals surface area contributed by atoms with Crippen LogP contribution in [0.1, 0.15) is 32.0 Å². The molecule has 1 aromatic heterocycles. The molecule has 0 bridgehead atoms. The second-order valence-corrected chi connectivity index (χ2v) is 7.23. The van der Waals surface area contributed by atoms with Gasteiger partial charge in [-0.15, -0.1) is 0 Å². The second-order valence-electron chi connectivity index (χ2n) is 5.40. The van der Waals surface area contributed by atoms with Crippen LogP contribution in [0.15, 0.2) is 12.3 Å². The summed E-state index contributed by atoms with van der Waals surface area (Å²) in [6, 6.07) is 2.75. The molecule has 0 aromatic carbocycles. The summed E-state index contributed by atoms with van der Waals surface area (Å²) in [5, 5.41) is 4.36. The first kappa shape index (κ1) is 14.5. The van der Waals surface area contributed by atoms with E-state index in [2.05, 4.69) is 28.6 Å². The average Bonchev–Trinajstić information content (AvgIpc) is 2.74. The molecule has 0 fully saturated rings. The van der Waals surface area contributed by atoms with E-state index in [0.717, 1.165) is 19.5 Å². The lowest BCUT2D eigenvalue weighted by molar-refractivity contribution is 0.135. The Hall–Kier alpha value is -0.920. The summed E-state index contributed by atoms with van der Waals surface area (Å²) in [5.74, 6) is 0. The summed E-state index contributed by atoms with van der Waals surface area (Å²) in [5.41, 5.74) is 1.20. The Labute approximate surface area is 114 Å². The zero-order valence-electron chi connectivity index (χ0n) is 11.7. The SMILES string of the molecule is CC(C)N1Cc2ccnn2C(CCNS(C)(=O)=O)C1. The Morgan fingerprint density at radius 1 is 1.53 bits per heavy atom. The fourth-order valence-electron chi connectivity index (χ4n) is 2.43. The first-order valence-electron chi connectivity index (χ1n) is 6.58. The fraction of sp³-hybridized carbons (Fsp3) is 0.750. The number of sulfonamides is 1. The molecule has 1 aliphatic heterocycles. The van der Waals surface area contributed by atoms with Gasteiger partial charge in [-0.2, -0.15) is 5.10 Å². The molecule has 1 aliphatic rings. The minimum Gasteiger partial charge on any atom is -0.293 e. The maximum Gasteiger partial charge on any atom is 0.208 e. The largest absolute Gasteiger partial charge is 0.293 e. The van der Waals surface area contributed by atoms with Gasteiger partial charge in [-0.05, 0) is 26.3 Å². The topological polar surface area (TPSA) is 67.2 Å². The molecule has 19 heavy (non-hydrogen) atoms. The van der Waals surface area contributed by atoms with Crippen LogP contribution in [0.4, 0.5) is 0 Å². The number of aromatic nitrogens is 2. The van der Waals surface area contributed by atoms with Crippen LogP contribution in [0.5, 0.6) is 0 Å². The van der Waals surface area contributed by atoms with E-state index < -0.39 is 10.0 Å². The predicted octanol–water partition coefficient (Wildman–Crippen LogP) is 0.588. The Kier molecular flexibility index (Phi) is 4.27. The van der Waals surface area contributed by atoms with E-state index in [9.17, 15) is 8.42 Å². The lowest BCUT2D eigenvalue weighted by Gasteiger charge is -2.36. The van der Waals surface area contributed by atoms with E-state index in [-0.39, 0.29) is 6.04 Å². The molecule has 0 spiro atoms. The van der Waals surface area contributed by atoms with Gasteiger partial charge in [0.1, 0.15) is 0 Å². The van der Waals surface area contributed by atoms with Crippen LogP contribution >= 0.6 is 0 Å². The number of rotatable bonds is 5. The van der Waals surface area contributed by atoms with Gasteiger partial charge in [0.2, 0.25) is 10.0 Å². The van der Waals surface area contributed by atoms with Gasteiger partial charge >= 0.3 is 0 Å². The van der Waals surface area contributed by atoms with Gasteiger partial charge < -0.3 is 0 Å². The van der Waals surface area contributed by atoms with Crippen molar-refractivity contribution in [3.8, 4) is 0 Å². The van der Waals surface area contributed by atoms with E-state index in [1.54, 1.807) is 0 Å². The number of hydrogen-bond acceptors (Lipinski definition) is 4. The molecule has 0 aliphatic carbocycles. The monoisotopic (exact) mass is 286 g/mol. The van der Waals surface area contributed by atoms with E-state index in [4.69, 9.17) is 0 Å². The molecule has 108 valence electrons. The van der Waals surface area contributed by atoms with Crippen molar-refractivity contribution in [2.45, 2.75) is 38.9 Å². The summed E-state index contributed by atoms with van der Waals surface area (Å²) in [7, 11) is -3.11. The molecule has 2 rings (SSSR count). The smallest absolute Gasteiger partial charge is 0.208 e. The van der Waals surface area contributed by atoms with Crippen molar-refractivity contribution < 1.29 is 8.42 Å². The Balaban J connectivity index is 2.03. The minimum absolute atomic E-state index is 0.232. The Morgan fingerprint density at radius 3 is 2.89 bits per heavy atom. The van der Waals surface area contributed by atoms with Crippen molar-refractivity contribution in [3.63, 3.8) is 0 Å². The van der Waals surface area contributed by atoms with Crippen molar-refractivity contribution in [1.82, 2.24) is 19.4 Å². The number of nitrogens with zero attached hydrogens (tertiary/aromatic N) is 3. The van der Waals surface area contributed by atoms with E-state index in [1.807, 2.05) is 16.9 Å². The highest BCUT2D eigenvalue weighted by molar-refractivity contribution is 7.88. The summed E-state index contributed by atoms with van der Waals surface area (Å²) < 4.78 is 26.8. The Morgan fingerprint density at radius 2 is 2.26 bits per heavy atom. The third-order valence-corrected chi connectivity index (χ3v) is 4.21. The van der Waals surface area contributed by atoms with Gasteiger partial charge in [0, 0.05) is 31.9 Å². The van der Waals surface area contributed by atoms with E-state index in [0.29, 0.717) is 12.6 Å². The molecule has 2 heterocycles. The molecule has 7 heteroatoms. The van der Waals surface area contributed by atoms with Crippen LogP contribution in [-0.4, -0.2) is 48.5 Å². The van der Waals surface area contributed by atoms with Crippen molar-refractivity contribution in [3.05, 3.63) is 18.0 Å². The van der Waals surface area contributed by atoms with Crippen LogP contribution in [0.25, 0.3) is 0 Å². The summed E-state index contributed by atoms with van der Waals surface area (Å²) in [4.78, 5) is 2.39. The van der Waals surface area contributed by atoms with Gasteiger partial charge in [-0.1, -0.05) is 0 Å². The summed E-state index contributed by atoms with van der Waals surface area (Å²) in [6.07, 6.45) is 3.76. The summed E-state index contributed by atoms with van der Waals surface area (Å²) >= 11 is 0. The van der Waals surface area contributed by atoms with Crippen LogP contribution in [0, 0.1) is 0 Å². The Bertz CT molecular complexity index is 524. The molecule has 0 amide bonds. The van der Waals surface area contributed by atoms with Crippen LogP contribution in [-0.2, 0) is 16.6 Å². The minimum atomic E-state index is -3.11. The molecule has 0 radical (unpaired) electrons. The van der Waals surface area contributed by atoms with Gasteiger partial charge in [-0.25, -0.2) is 13.1 Å². The van der Waals surface area contributed by atoms with Crippen molar-refractivity contribution in [1.29, 1.82) is 0 Å². The fourth-order valence-corrected chi connectivity index (χ4v) is 2.92. The molecule has 0 saturated heterocycles. The highest BCUT2D eigenvalue weighted by Gasteiger charge is 2.26. The zero-order chi connectivity index (χ0) is 14.0. The van der Waals surface area contributed by atoms with Gasteiger partial charge in [0.05, 0.1) is 18.0 Å². The number of nitrogens with one attached hydrogen (secondary N) is 1. The maximum atomic E-state index is 11.1. The number of fused-ring (bicyclic) bond motifs is 1. The average molecular weight is 286 g/mol. The molecule has 1 N–H and O–H groups in total. The van der Waals surface area contributed by atoms with Gasteiger partial charge in [0.15, 0.2) is 0 Å². The second kappa shape index (κ2) is 5.60. The number of hydrogen-bond donors (Lipinski definition) is 1. The molecular formula is C12H22N4O2S. The summed E-state index contributed by atoms with van der Waals surface area (Å²) in [6.45, 7) is 6.63. The third-order valence-electron chi connectivity index (χ3n) is 3.48. The van der Waals surface area contributed by atoms with Gasteiger partial charge in [0.25, 0.3) is 0 Å². The molecular weight excluding hydrogens is 264 g/mol. The molecule has 1 aromatic rings. The van der Waals surface area contributed by atoms with Gasteiger partial charge in [-0.3, -0.25) is 9.58 Å². The van der Waals surface area contributed by atoms with Crippen molar-refractivity contribution >= 4 is 10.0 Å². The predicted molar refractivity (Wildman–Crippen MR) is 74.3 cm³/mol. The van der Waals surface area contributed by atoms with Crippen LogP contribution < -0.4 is 4.72 Å². The normalized spacial score (nSPS) is 20.7. The maximum absolute atomic E-state index is 11.1. The lowest BCUT2D eigenvalue weighted by atomic mass is 10.1. The van der Waals surface area contributed by atoms with Crippen LogP contribution in [0.3, 0.4) is 0 Å². The lowest BCUT2D eigenvalue weighted by Crippen LogP contribution is -2.42. The highest BCUT2D eigenvalue weighted by atomic mass is 32.2. The quantitative estimate of drug-likeness (QED) is 0.860. The zero-order valence-corrected chi connectivity index (χ0v) is 12.5. The molecule has 0 saturated carbocycles. The van der Waals surface area contributed by atoms with Crippen molar-refractivity contribution in [2.75, 3.05) is 19.3 Å². The molecule has 6 nitrogen and oxygen atoms in total. The first-order chi connectivity index (χ1) is 8.87. The standard InChI is InChI=1S/C12H22N4O2S/c1-10(2)15-8-11-4-6-13-16(11)12(9-15)5-7-14-19(3,17)18/h4,6,10,12,14H,5,7-9H2,1-3H3. The van der Waals surface area contributed by atoms with Crippen LogP contribution in [0.2, 0.25) is 0 Å². The highest BCUT2D eigenvalue weighted by Crippen LogP contribution is 2.23. The molecule has 1 atom stereocenters. The van der Waals surface area contributed by atoms with Crippen molar-refractivity contribution in [2.24, 2.45) is 0 Å². The van der Waals surface area contributed by atoms with E-state index in [1.165, 1.54) is 11.9 Å². The van der Waals surface area contributed by atoms with E-state index >= 15 is 0 Å². The first-order valence-corrected chi connectivity index (χ1v) is 8.47.